The second kappa shape index (κ2) is 12.2. The first kappa shape index (κ1) is 30.3. The molecule has 2 atom stereocenters. The van der Waals surface area contributed by atoms with E-state index >= 15 is 0 Å². The lowest BCUT2D eigenvalue weighted by Crippen LogP contribution is -2.45. The molecule has 1 aliphatic heterocycles. The van der Waals surface area contributed by atoms with Crippen molar-refractivity contribution in [3.05, 3.63) is 107 Å². The molecule has 1 aromatic heterocycles. The zero-order valence-corrected chi connectivity index (χ0v) is 23.6. The number of ketones is 1. The Kier molecular flexibility index (Phi) is 8.39. The summed E-state index contributed by atoms with van der Waals surface area (Å²) >= 11 is 0. The molecule has 0 saturated carbocycles. The highest BCUT2D eigenvalue weighted by Crippen LogP contribution is 2.41. The number of aliphatic carboxylic acids is 1. The molecule has 1 unspecified atom stereocenters. The Morgan fingerprint density at radius 3 is 2.59 bits per heavy atom. The molecular weight excluding hydrogens is 574 g/mol. The lowest BCUT2D eigenvalue weighted by molar-refractivity contribution is -0.140. The number of fused-ring (bicyclic) bond motifs is 1. The largest absolute Gasteiger partial charge is 0.481 e. The second-order valence-electron chi connectivity index (χ2n) is 10.8. The number of alkyl halides is 2. The maximum Gasteiger partial charge on any atom is 0.310 e. The van der Waals surface area contributed by atoms with Crippen LogP contribution in [0.25, 0.3) is 0 Å². The molecule has 0 bridgehead atoms. The fraction of sp³-hybridized carbons (Fsp3) is 0.290. The maximum absolute atomic E-state index is 15.0. The van der Waals surface area contributed by atoms with Gasteiger partial charge >= 0.3 is 5.97 Å². The van der Waals surface area contributed by atoms with Gasteiger partial charge < -0.3 is 26.4 Å². The number of hydrogen-bond donors (Lipinski definition) is 4. The van der Waals surface area contributed by atoms with Crippen LogP contribution >= 0.6 is 0 Å². The van der Waals surface area contributed by atoms with Crippen LogP contribution in [0.1, 0.15) is 56.9 Å². The summed E-state index contributed by atoms with van der Waals surface area (Å²) in [6.45, 7) is 3.08. The van der Waals surface area contributed by atoms with Crippen LogP contribution in [0.15, 0.2) is 78.4 Å². The number of hydrogen-bond acceptors (Lipinski definition) is 8. The summed E-state index contributed by atoms with van der Waals surface area (Å²) in [5.74, 6) is -6.31. The number of rotatable bonds is 7. The number of halogens is 2. The van der Waals surface area contributed by atoms with Crippen molar-refractivity contribution in [1.29, 1.82) is 0 Å². The van der Waals surface area contributed by atoms with E-state index in [-0.39, 0.29) is 53.0 Å². The zero-order chi connectivity index (χ0) is 31.6. The van der Waals surface area contributed by atoms with Gasteiger partial charge in [0.1, 0.15) is 23.4 Å². The third kappa shape index (κ3) is 6.26. The summed E-state index contributed by atoms with van der Waals surface area (Å²) in [5.41, 5.74) is 6.64. The topological polar surface area (TPSA) is 168 Å². The summed E-state index contributed by atoms with van der Waals surface area (Å²) in [6.07, 6.45) is 9.39. The normalized spacial score (nSPS) is 21.7. The molecule has 2 heterocycles. The molecule has 3 aliphatic rings. The Labute approximate surface area is 251 Å². The first-order valence-corrected chi connectivity index (χ1v) is 13.9. The Balaban J connectivity index is 1.22. The van der Waals surface area contributed by atoms with Crippen molar-refractivity contribution < 1.29 is 33.1 Å². The predicted octanol–water partition coefficient (Wildman–Crippen LogP) is 2.72. The van der Waals surface area contributed by atoms with E-state index in [0.717, 1.165) is 6.33 Å². The second-order valence-corrected chi connectivity index (χ2v) is 10.8. The van der Waals surface area contributed by atoms with Crippen molar-refractivity contribution in [2.45, 2.75) is 44.3 Å². The first-order chi connectivity index (χ1) is 20.9. The average molecular weight is 605 g/mol. The molecular formula is C31H30F2N6O5. The molecule has 13 heteroatoms. The fourth-order valence-electron chi connectivity index (χ4n) is 5.35. The number of nitrogens with two attached hydrogens (primary N) is 1. The summed E-state index contributed by atoms with van der Waals surface area (Å²) in [6, 6.07) is 5.27. The number of carboxylic acid groups (broad SMARTS) is 1. The van der Waals surface area contributed by atoms with Crippen molar-refractivity contribution >= 4 is 23.6 Å². The lowest BCUT2D eigenvalue weighted by Gasteiger charge is -2.40. The lowest BCUT2D eigenvalue weighted by atomic mass is 9.88. The van der Waals surface area contributed by atoms with Crippen LogP contribution in [0.5, 0.6) is 0 Å². The van der Waals surface area contributed by atoms with Gasteiger partial charge in [0.15, 0.2) is 0 Å². The molecule has 5 rings (SSSR count). The quantitative estimate of drug-likeness (QED) is 0.274. The molecule has 2 amide bonds. The Hall–Kier alpha value is -5.20. The molecule has 11 nitrogen and oxygen atoms in total. The predicted molar refractivity (Wildman–Crippen MR) is 154 cm³/mol. The zero-order valence-electron chi connectivity index (χ0n) is 23.6. The van der Waals surface area contributed by atoms with Gasteiger partial charge in [0.05, 0.1) is 18.2 Å². The maximum atomic E-state index is 15.0. The number of carboxylic acids is 1. The molecule has 0 radical (unpaired) electrons. The summed E-state index contributed by atoms with van der Waals surface area (Å²) < 4.78 is 29.9. The van der Waals surface area contributed by atoms with E-state index < -0.39 is 42.0 Å². The number of Topliss-reactive ketones (excluding diaryl/α,β-unsaturated/α-hetero) is 1. The van der Waals surface area contributed by atoms with Gasteiger partial charge in [0.25, 0.3) is 17.7 Å². The van der Waals surface area contributed by atoms with Crippen LogP contribution in [0, 0.1) is 5.92 Å². The third-order valence-corrected chi connectivity index (χ3v) is 7.68. The Morgan fingerprint density at radius 2 is 1.86 bits per heavy atom. The van der Waals surface area contributed by atoms with E-state index in [1.165, 1.54) is 23.1 Å². The number of benzene rings is 1. The van der Waals surface area contributed by atoms with Gasteiger partial charge in [0, 0.05) is 36.3 Å². The van der Waals surface area contributed by atoms with Gasteiger partial charge in [-0.05, 0) is 30.4 Å². The van der Waals surface area contributed by atoms with Crippen LogP contribution in [0.4, 0.5) is 8.78 Å². The van der Waals surface area contributed by atoms with E-state index in [0.29, 0.717) is 30.4 Å². The van der Waals surface area contributed by atoms with Crippen molar-refractivity contribution in [2.75, 3.05) is 6.54 Å². The van der Waals surface area contributed by atoms with E-state index in [2.05, 4.69) is 27.2 Å². The van der Waals surface area contributed by atoms with Crippen LogP contribution in [-0.4, -0.2) is 56.1 Å². The Bertz CT molecular complexity index is 1650. The molecule has 44 heavy (non-hydrogen) atoms. The van der Waals surface area contributed by atoms with Gasteiger partial charge in [0.2, 0.25) is 5.78 Å². The molecule has 2 aliphatic carbocycles. The summed E-state index contributed by atoms with van der Waals surface area (Å²) in [7, 11) is 0. The number of nitrogens with zero attached hydrogens (tertiary/aromatic N) is 3. The minimum absolute atomic E-state index is 0.00301. The number of allylic oxidation sites excluding steroid dienone is 4. The number of nitrogens with one attached hydrogen (secondary N) is 2. The minimum Gasteiger partial charge on any atom is -0.481 e. The standard InChI is InChI=1S/C31H30F2N6O5/c1-17-26(25(34)27(17)40)39-14-20-11-18(9-10-22(20)31(32,33)15-39)13-35-28(41)23-12-24(37-16-36-23)29(42)38-21-7-3-2-5-19(30(43)44)6-4-8-21/h2,4-5,8-12,16,19,21H,1,3,6-7,13-15,34H2,(H,35,41)(H,38,42)(H,43,44)/b5-2?,8-4+/t19?,21-/m0/s1. The van der Waals surface area contributed by atoms with Crippen LogP contribution in [0.2, 0.25) is 0 Å². The fourth-order valence-corrected chi connectivity index (χ4v) is 5.35. The van der Waals surface area contributed by atoms with E-state index in [4.69, 9.17) is 5.73 Å². The van der Waals surface area contributed by atoms with Crippen molar-refractivity contribution in [2.24, 2.45) is 11.7 Å². The molecule has 228 valence electrons. The van der Waals surface area contributed by atoms with Crippen LogP contribution in [-0.2, 0) is 28.6 Å². The van der Waals surface area contributed by atoms with Gasteiger partial charge in [-0.1, -0.05) is 49.1 Å². The molecule has 1 aromatic carbocycles. The van der Waals surface area contributed by atoms with Crippen LogP contribution < -0.4 is 16.4 Å². The van der Waals surface area contributed by atoms with Crippen molar-refractivity contribution in [3.8, 4) is 0 Å². The van der Waals surface area contributed by atoms with Crippen molar-refractivity contribution in [3.63, 3.8) is 0 Å². The number of carbonyl (C=O) groups is 4. The average Bonchev–Trinajstić information content (AvgIpc) is 3.11. The van der Waals surface area contributed by atoms with E-state index in [1.807, 2.05) is 0 Å². The summed E-state index contributed by atoms with van der Waals surface area (Å²) in [5, 5.41) is 14.8. The van der Waals surface area contributed by atoms with E-state index in [9.17, 15) is 33.1 Å². The highest BCUT2D eigenvalue weighted by molar-refractivity contribution is 6.18. The number of carbonyl (C=O) groups excluding carboxylic acids is 3. The van der Waals surface area contributed by atoms with Gasteiger partial charge in [-0.15, -0.1) is 0 Å². The van der Waals surface area contributed by atoms with Gasteiger partial charge in [-0.2, -0.15) is 8.78 Å². The van der Waals surface area contributed by atoms with E-state index in [1.54, 1.807) is 30.4 Å². The van der Waals surface area contributed by atoms with Crippen LogP contribution in [0.3, 0.4) is 0 Å². The molecule has 2 aromatic rings. The number of aromatic nitrogens is 2. The van der Waals surface area contributed by atoms with Gasteiger partial charge in [-0.3, -0.25) is 19.2 Å². The van der Waals surface area contributed by atoms with Crippen molar-refractivity contribution in [1.82, 2.24) is 25.5 Å². The third-order valence-electron chi connectivity index (χ3n) is 7.68. The molecule has 5 N–H and O–H groups in total. The summed E-state index contributed by atoms with van der Waals surface area (Å²) in [4.78, 5) is 58.1. The SMILES string of the molecule is C=C1C(=O)C(N)=C1N1Cc2cc(CNC(=O)c3cc(C(=O)N[C@@H]4/C=C/CC(C(=O)O)C=CCC4)ncn3)ccc2C(F)(F)C1. The molecule has 0 spiro atoms. The number of amides is 2. The smallest absolute Gasteiger partial charge is 0.310 e. The highest BCUT2D eigenvalue weighted by atomic mass is 19.3. The molecule has 0 fully saturated rings. The highest BCUT2D eigenvalue weighted by Gasteiger charge is 2.44. The molecule has 0 saturated heterocycles. The van der Waals surface area contributed by atoms with Gasteiger partial charge in [-0.25, -0.2) is 9.97 Å². The Morgan fingerprint density at radius 1 is 1.11 bits per heavy atom. The monoisotopic (exact) mass is 604 g/mol. The first-order valence-electron chi connectivity index (χ1n) is 13.9. The minimum atomic E-state index is -3.19.